The first-order valence-electron chi connectivity index (χ1n) is 6.79. The van der Waals surface area contributed by atoms with E-state index in [1.165, 1.54) is 11.1 Å². The van der Waals surface area contributed by atoms with Gasteiger partial charge in [-0.25, -0.2) is 8.42 Å². The first kappa shape index (κ1) is 18.2. The van der Waals surface area contributed by atoms with Crippen LogP contribution < -0.4 is 0 Å². The van der Waals surface area contributed by atoms with Gasteiger partial charge in [-0.2, -0.15) is 0 Å². The fourth-order valence-electron chi connectivity index (χ4n) is 2.39. The topological polar surface area (TPSA) is 34.1 Å². The monoisotopic (exact) mass is 424 g/mol. The Hall–Kier alpha value is 0.130. The van der Waals surface area contributed by atoms with E-state index in [-0.39, 0.29) is 16.9 Å². The molecule has 1 aromatic carbocycles. The van der Waals surface area contributed by atoms with E-state index in [0.717, 1.165) is 17.1 Å². The first-order valence-corrected chi connectivity index (χ1v) is 10.9. The Morgan fingerprint density at radius 2 is 1.75 bits per heavy atom. The third kappa shape index (κ3) is 4.57. The summed E-state index contributed by atoms with van der Waals surface area (Å²) in [6, 6.07) is 8.34. The average Bonchev–Trinajstić information content (AvgIpc) is 2.45. The second-order valence-electron chi connectivity index (χ2n) is 5.20. The molecule has 0 aromatic heterocycles. The lowest BCUT2D eigenvalue weighted by molar-refractivity contribution is 0.492. The lowest BCUT2D eigenvalue weighted by Gasteiger charge is -2.32. The summed E-state index contributed by atoms with van der Waals surface area (Å²) < 4.78 is 23.3. The van der Waals surface area contributed by atoms with Crippen LogP contribution in [0.15, 0.2) is 24.3 Å². The molecule has 0 bridgehead atoms. The molecule has 0 spiro atoms. The fraction of sp³-hybridized carbons (Fsp3) is 0.600. The lowest BCUT2D eigenvalue weighted by atomic mass is 9.78. The van der Waals surface area contributed by atoms with Crippen molar-refractivity contribution in [2.75, 3.05) is 22.2 Å². The summed E-state index contributed by atoms with van der Waals surface area (Å²) in [7, 11) is -2.88. The van der Waals surface area contributed by atoms with Gasteiger partial charge in [-0.1, -0.05) is 63.0 Å². The summed E-state index contributed by atoms with van der Waals surface area (Å²) in [5.41, 5.74) is 2.50. The maximum absolute atomic E-state index is 11.6. The largest absolute Gasteiger partial charge is 0.229 e. The molecule has 114 valence electrons. The van der Waals surface area contributed by atoms with Crippen LogP contribution >= 0.6 is 31.9 Å². The van der Waals surface area contributed by atoms with Crippen LogP contribution in [-0.2, 0) is 15.3 Å². The van der Waals surface area contributed by atoms with Crippen molar-refractivity contribution in [3.8, 4) is 0 Å². The molecule has 2 nitrogen and oxygen atoms in total. The Morgan fingerprint density at radius 1 is 1.15 bits per heavy atom. The van der Waals surface area contributed by atoms with Gasteiger partial charge in [0.05, 0.1) is 5.75 Å². The standard InChI is InChI=1S/C15H22Br2O2S/c1-3-20(18,19)10-6-9-15(11-16,12-17)14-8-5-4-7-13(14)2/h4-5,7-8H,3,6,9-12H2,1-2H3. The highest BCUT2D eigenvalue weighted by molar-refractivity contribution is 9.09. The minimum atomic E-state index is -2.88. The fourth-order valence-corrected chi connectivity index (χ4v) is 5.36. The van der Waals surface area contributed by atoms with Gasteiger partial charge in [-0.15, -0.1) is 0 Å². The molecule has 0 aliphatic carbocycles. The van der Waals surface area contributed by atoms with E-state index in [1.54, 1.807) is 6.92 Å². The van der Waals surface area contributed by atoms with Crippen LogP contribution in [-0.4, -0.2) is 30.6 Å². The average molecular weight is 426 g/mol. The highest BCUT2D eigenvalue weighted by Crippen LogP contribution is 2.35. The minimum Gasteiger partial charge on any atom is -0.229 e. The lowest BCUT2D eigenvalue weighted by Crippen LogP contribution is -2.32. The van der Waals surface area contributed by atoms with E-state index in [9.17, 15) is 8.42 Å². The third-order valence-corrected chi connectivity index (χ3v) is 7.72. The first-order chi connectivity index (χ1) is 9.40. The molecule has 0 N–H and O–H groups in total. The zero-order chi connectivity index (χ0) is 15.2. The number of alkyl halides is 2. The summed E-state index contributed by atoms with van der Waals surface area (Å²) in [6.45, 7) is 3.82. The molecule has 0 radical (unpaired) electrons. The predicted octanol–water partition coefficient (Wildman–Crippen LogP) is 4.24. The molecular formula is C15H22Br2O2S. The predicted molar refractivity (Wildman–Crippen MR) is 94.0 cm³/mol. The van der Waals surface area contributed by atoms with E-state index >= 15 is 0 Å². The van der Waals surface area contributed by atoms with Crippen LogP contribution in [0.3, 0.4) is 0 Å². The van der Waals surface area contributed by atoms with E-state index in [2.05, 4.69) is 50.9 Å². The Balaban J connectivity index is 2.91. The van der Waals surface area contributed by atoms with Crippen molar-refractivity contribution >= 4 is 41.7 Å². The van der Waals surface area contributed by atoms with E-state index in [4.69, 9.17) is 0 Å². The quantitative estimate of drug-likeness (QED) is 0.583. The molecule has 0 saturated heterocycles. The maximum atomic E-state index is 11.6. The molecule has 0 atom stereocenters. The molecule has 0 aliphatic rings. The van der Waals surface area contributed by atoms with Crippen LogP contribution in [0.25, 0.3) is 0 Å². The highest BCUT2D eigenvalue weighted by atomic mass is 79.9. The molecule has 0 fully saturated rings. The molecular weight excluding hydrogens is 404 g/mol. The number of rotatable bonds is 8. The van der Waals surface area contributed by atoms with E-state index < -0.39 is 9.84 Å². The molecule has 1 aromatic rings. The van der Waals surface area contributed by atoms with Crippen molar-refractivity contribution < 1.29 is 8.42 Å². The normalized spacial score (nSPS) is 12.6. The third-order valence-electron chi connectivity index (χ3n) is 3.78. The molecule has 5 heteroatoms. The van der Waals surface area contributed by atoms with Crippen molar-refractivity contribution in [3.63, 3.8) is 0 Å². The van der Waals surface area contributed by atoms with Crippen LogP contribution in [0, 0.1) is 6.92 Å². The molecule has 20 heavy (non-hydrogen) atoms. The molecule has 0 unspecified atom stereocenters. The summed E-state index contributed by atoms with van der Waals surface area (Å²) in [6.07, 6.45) is 1.55. The van der Waals surface area contributed by atoms with Gasteiger partial charge in [0.2, 0.25) is 0 Å². The zero-order valence-electron chi connectivity index (χ0n) is 12.0. The number of sulfone groups is 1. The minimum absolute atomic E-state index is 0.0470. The van der Waals surface area contributed by atoms with Gasteiger partial charge in [-0.3, -0.25) is 0 Å². The molecule has 0 saturated carbocycles. The summed E-state index contributed by atoms with van der Waals surface area (Å²) in [5.74, 6) is 0.504. The number of aryl methyl sites for hydroxylation is 1. The van der Waals surface area contributed by atoms with Crippen molar-refractivity contribution in [3.05, 3.63) is 35.4 Å². The summed E-state index contributed by atoms with van der Waals surface area (Å²) in [5, 5.41) is 1.64. The van der Waals surface area contributed by atoms with Gasteiger partial charge in [0.15, 0.2) is 0 Å². The smallest absolute Gasteiger partial charge is 0.150 e. The van der Waals surface area contributed by atoms with Gasteiger partial charge in [0, 0.05) is 21.8 Å². The van der Waals surface area contributed by atoms with Gasteiger partial charge < -0.3 is 0 Å². The van der Waals surface area contributed by atoms with Gasteiger partial charge >= 0.3 is 0 Å². The molecule has 0 heterocycles. The number of halogens is 2. The second-order valence-corrected chi connectivity index (χ2v) is 8.80. The van der Waals surface area contributed by atoms with Crippen molar-refractivity contribution in [2.24, 2.45) is 0 Å². The van der Waals surface area contributed by atoms with E-state index in [1.807, 2.05) is 12.1 Å². The van der Waals surface area contributed by atoms with Crippen LogP contribution in [0.5, 0.6) is 0 Å². The van der Waals surface area contributed by atoms with Crippen molar-refractivity contribution in [1.29, 1.82) is 0 Å². The van der Waals surface area contributed by atoms with Crippen LogP contribution in [0.4, 0.5) is 0 Å². The van der Waals surface area contributed by atoms with Gasteiger partial charge in [0.25, 0.3) is 0 Å². The molecule has 1 rings (SSSR count). The SMILES string of the molecule is CCS(=O)(=O)CCCC(CBr)(CBr)c1ccccc1C. The summed E-state index contributed by atoms with van der Waals surface area (Å²) in [4.78, 5) is 0. The van der Waals surface area contributed by atoms with Crippen LogP contribution in [0.2, 0.25) is 0 Å². The van der Waals surface area contributed by atoms with Gasteiger partial charge in [-0.05, 0) is 30.9 Å². The Morgan fingerprint density at radius 3 is 2.25 bits per heavy atom. The number of hydrogen-bond acceptors (Lipinski definition) is 2. The van der Waals surface area contributed by atoms with Crippen molar-refractivity contribution in [1.82, 2.24) is 0 Å². The zero-order valence-corrected chi connectivity index (χ0v) is 16.0. The Kier molecular flexibility index (Phi) is 7.22. The Labute approximate surface area is 139 Å². The summed E-state index contributed by atoms with van der Waals surface area (Å²) >= 11 is 7.24. The molecule has 0 aliphatic heterocycles. The van der Waals surface area contributed by atoms with E-state index in [0.29, 0.717) is 6.42 Å². The van der Waals surface area contributed by atoms with Crippen molar-refractivity contribution in [2.45, 2.75) is 32.1 Å². The highest BCUT2D eigenvalue weighted by Gasteiger charge is 2.31. The number of hydrogen-bond donors (Lipinski definition) is 0. The number of benzene rings is 1. The van der Waals surface area contributed by atoms with Crippen LogP contribution in [0.1, 0.15) is 30.9 Å². The van der Waals surface area contributed by atoms with Gasteiger partial charge in [0.1, 0.15) is 9.84 Å². The second kappa shape index (κ2) is 7.95. The maximum Gasteiger partial charge on any atom is 0.150 e. The Bertz CT molecular complexity index is 522. The molecule has 0 amide bonds.